The Morgan fingerprint density at radius 3 is 2.85 bits per heavy atom. The maximum atomic E-state index is 8.82. The summed E-state index contributed by atoms with van der Waals surface area (Å²) in [6.07, 6.45) is 2.43. The predicted octanol–water partition coefficient (Wildman–Crippen LogP) is 2.56. The van der Waals surface area contributed by atoms with Crippen molar-refractivity contribution in [1.29, 1.82) is 0 Å². The van der Waals surface area contributed by atoms with E-state index in [1.807, 2.05) is 24.3 Å². The summed E-state index contributed by atoms with van der Waals surface area (Å²) in [5.74, 6) is 0.566. The van der Waals surface area contributed by atoms with Crippen LogP contribution in [0.3, 0.4) is 0 Å². The van der Waals surface area contributed by atoms with Crippen LogP contribution < -0.4 is 10.5 Å². The van der Waals surface area contributed by atoms with E-state index in [1.165, 1.54) is 0 Å². The molecule has 1 heterocycles. The Morgan fingerprint density at radius 2 is 2.15 bits per heavy atom. The highest BCUT2D eigenvalue weighted by Gasteiger charge is 2.12. The van der Waals surface area contributed by atoms with Crippen LogP contribution >= 0.6 is 15.9 Å². The number of aromatic nitrogens is 1. The van der Waals surface area contributed by atoms with Crippen molar-refractivity contribution in [3.8, 4) is 5.75 Å². The minimum absolute atomic E-state index is 0.00492. The van der Waals surface area contributed by atoms with Gasteiger partial charge in [-0.3, -0.25) is 4.98 Å². The number of ether oxygens (including phenoxy) is 1. The maximum absolute atomic E-state index is 8.82. The van der Waals surface area contributed by atoms with Gasteiger partial charge in [0.25, 0.3) is 0 Å². The number of nitrogens with two attached hydrogens (primary N) is 1. The highest BCUT2D eigenvalue weighted by atomic mass is 79.9. The summed E-state index contributed by atoms with van der Waals surface area (Å²) in [6.45, 7) is 0.458. The van der Waals surface area contributed by atoms with Gasteiger partial charge in [-0.15, -0.1) is 0 Å². The molecule has 3 N–H and O–H groups in total. The van der Waals surface area contributed by atoms with Gasteiger partial charge in [-0.1, -0.05) is 17.3 Å². The summed E-state index contributed by atoms with van der Waals surface area (Å²) in [6, 6.07) is 11.1. The lowest BCUT2D eigenvalue weighted by Crippen LogP contribution is -2.16. The van der Waals surface area contributed by atoms with Crippen molar-refractivity contribution < 1.29 is 9.94 Å². The molecule has 0 saturated heterocycles. The van der Waals surface area contributed by atoms with Gasteiger partial charge >= 0.3 is 0 Å². The minimum atomic E-state index is 0.00492. The summed E-state index contributed by atoms with van der Waals surface area (Å²) in [5.41, 5.74) is 7.15. The van der Waals surface area contributed by atoms with E-state index in [-0.39, 0.29) is 5.84 Å². The van der Waals surface area contributed by atoms with E-state index in [2.05, 4.69) is 26.1 Å². The Labute approximate surface area is 125 Å². The molecule has 5 nitrogen and oxygen atoms in total. The van der Waals surface area contributed by atoms with Gasteiger partial charge in [0.15, 0.2) is 5.84 Å². The van der Waals surface area contributed by atoms with Gasteiger partial charge in [-0.2, -0.15) is 0 Å². The van der Waals surface area contributed by atoms with Crippen LogP contribution in [0.4, 0.5) is 0 Å². The molecular weight excluding hydrogens is 322 g/mol. The molecule has 0 aliphatic heterocycles. The molecule has 0 spiro atoms. The average Bonchev–Trinajstić information content (AvgIpc) is 2.48. The number of halogens is 1. The molecule has 0 aliphatic rings. The van der Waals surface area contributed by atoms with Crippen LogP contribution in [-0.4, -0.2) is 22.6 Å². The SMILES string of the molecule is N/C(=N/O)c1c(Br)cccc1OCCc1ccccn1. The maximum Gasteiger partial charge on any atom is 0.174 e. The summed E-state index contributed by atoms with van der Waals surface area (Å²) in [7, 11) is 0. The normalized spacial score (nSPS) is 11.3. The molecule has 2 aromatic rings. The van der Waals surface area contributed by atoms with E-state index < -0.39 is 0 Å². The average molecular weight is 336 g/mol. The van der Waals surface area contributed by atoms with Gasteiger partial charge < -0.3 is 15.7 Å². The Hall–Kier alpha value is -2.08. The first kappa shape index (κ1) is 14.3. The molecule has 0 unspecified atom stereocenters. The number of hydrogen-bond donors (Lipinski definition) is 2. The third kappa shape index (κ3) is 3.48. The van der Waals surface area contributed by atoms with E-state index in [1.54, 1.807) is 18.3 Å². The number of pyridine rings is 1. The Kier molecular flexibility index (Phi) is 4.95. The van der Waals surface area contributed by atoms with E-state index >= 15 is 0 Å². The lowest BCUT2D eigenvalue weighted by Gasteiger charge is -2.11. The third-order valence-corrected chi connectivity index (χ3v) is 3.34. The quantitative estimate of drug-likeness (QED) is 0.381. The van der Waals surface area contributed by atoms with Crippen LogP contribution in [-0.2, 0) is 6.42 Å². The number of rotatable bonds is 5. The van der Waals surface area contributed by atoms with Crippen molar-refractivity contribution in [2.45, 2.75) is 6.42 Å². The fourth-order valence-corrected chi connectivity index (χ4v) is 2.29. The van der Waals surface area contributed by atoms with Gasteiger partial charge in [-0.25, -0.2) is 0 Å². The molecule has 2 rings (SSSR count). The van der Waals surface area contributed by atoms with Crippen molar-refractivity contribution in [3.05, 3.63) is 58.3 Å². The van der Waals surface area contributed by atoms with E-state index in [0.29, 0.717) is 28.8 Å². The van der Waals surface area contributed by atoms with Gasteiger partial charge in [0.05, 0.1) is 12.2 Å². The molecule has 0 saturated carbocycles. The van der Waals surface area contributed by atoms with E-state index in [4.69, 9.17) is 15.7 Å². The van der Waals surface area contributed by atoms with Crippen molar-refractivity contribution in [1.82, 2.24) is 4.98 Å². The first-order valence-electron chi connectivity index (χ1n) is 6.01. The van der Waals surface area contributed by atoms with Gasteiger partial charge in [0.2, 0.25) is 0 Å². The lowest BCUT2D eigenvalue weighted by atomic mass is 10.2. The molecule has 0 amide bonds. The van der Waals surface area contributed by atoms with Gasteiger partial charge in [0, 0.05) is 22.8 Å². The molecule has 1 aromatic heterocycles. The van der Waals surface area contributed by atoms with Gasteiger partial charge in [-0.05, 0) is 40.2 Å². The predicted molar refractivity (Wildman–Crippen MR) is 80.1 cm³/mol. The zero-order valence-corrected chi connectivity index (χ0v) is 12.2. The number of nitrogens with zero attached hydrogens (tertiary/aromatic N) is 2. The first-order chi connectivity index (χ1) is 9.72. The molecule has 0 radical (unpaired) electrons. The molecule has 1 aromatic carbocycles. The topological polar surface area (TPSA) is 80.7 Å². The molecule has 0 aliphatic carbocycles. The third-order valence-electron chi connectivity index (χ3n) is 2.68. The zero-order valence-electron chi connectivity index (χ0n) is 10.7. The summed E-state index contributed by atoms with van der Waals surface area (Å²) < 4.78 is 6.41. The van der Waals surface area contributed by atoms with Crippen molar-refractivity contribution in [2.24, 2.45) is 10.9 Å². The molecule has 6 heteroatoms. The van der Waals surface area contributed by atoms with Crippen LogP contribution in [0.15, 0.2) is 52.2 Å². The minimum Gasteiger partial charge on any atom is -0.492 e. The fourth-order valence-electron chi connectivity index (χ4n) is 1.73. The number of amidine groups is 1. The molecule has 104 valence electrons. The number of oxime groups is 1. The zero-order chi connectivity index (χ0) is 14.4. The Bertz CT molecular complexity index is 603. The number of hydrogen-bond acceptors (Lipinski definition) is 4. The second-order valence-electron chi connectivity index (χ2n) is 4.02. The molecule has 20 heavy (non-hydrogen) atoms. The standard InChI is InChI=1S/C14H14BrN3O2/c15-11-5-3-6-12(13(11)14(16)18-19)20-9-7-10-4-1-2-8-17-10/h1-6,8,19H,7,9H2,(H2,16,18). The molecule has 0 fully saturated rings. The highest BCUT2D eigenvalue weighted by Crippen LogP contribution is 2.26. The van der Waals surface area contributed by atoms with Gasteiger partial charge in [0.1, 0.15) is 5.75 Å². The monoisotopic (exact) mass is 335 g/mol. The highest BCUT2D eigenvalue weighted by molar-refractivity contribution is 9.10. The fraction of sp³-hybridized carbons (Fsp3) is 0.143. The lowest BCUT2D eigenvalue weighted by molar-refractivity contribution is 0.313. The van der Waals surface area contributed by atoms with Crippen molar-refractivity contribution in [3.63, 3.8) is 0 Å². The van der Waals surface area contributed by atoms with Crippen LogP contribution in [0.1, 0.15) is 11.3 Å². The van der Waals surface area contributed by atoms with Crippen LogP contribution in [0.5, 0.6) is 5.75 Å². The molecule has 0 atom stereocenters. The first-order valence-corrected chi connectivity index (χ1v) is 6.81. The summed E-state index contributed by atoms with van der Waals surface area (Å²) in [5, 5.41) is 11.8. The van der Waals surface area contributed by atoms with Crippen molar-refractivity contribution >= 4 is 21.8 Å². The molecule has 0 bridgehead atoms. The second kappa shape index (κ2) is 6.91. The molecular formula is C14H14BrN3O2. The van der Waals surface area contributed by atoms with Crippen LogP contribution in [0.2, 0.25) is 0 Å². The summed E-state index contributed by atoms with van der Waals surface area (Å²) >= 11 is 3.36. The largest absolute Gasteiger partial charge is 0.492 e. The second-order valence-corrected chi connectivity index (χ2v) is 4.87. The number of benzene rings is 1. The smallest absolute Gasteiger partial charge is 0.174 e. The summed E-state index contributed by atoms with van der Waals surface area (Å²) in [4.78, 5) is 4.22. The van der Waals surface area contributed by atoms with E-state index in [9.17, 15) is 0 Å². The van der Waals surface area contributed by atoms with E-state index in [0.717, 1.165) is 5.69 Å². The Balaban J connectivity index is 2.08. The van der Waals surface area contributed by atoms with Crippen LogP contribution in [0, 0.1) is 0 Å². The van der Waals surface area contributed by atoms with Crippen molar-refractivity contribution in [2.75, 3.05) is 6.61 Å². The van der Waals surface area contributed by atoms with Crippen LogP contribution in [0.25, 0.3) is 0 Å². The Morgan fingerprint density at radius 1 is 1.30 bits per heavy atom.